The molecule has 0 atom stereocenters. The Hall–Kier alpha value is -0.480. The van der Waals surface area contributed by atoms with Gasteiger partial charge in [0.1, 0.15) is 10.9 Å². The van der Waals surface area contributed by atoms with Gasteiger partial charge in [-0.15, -0.1) is 0 Å². The maximum Gasteiger partial charge on any atom is 0.129 e. The van der Waals surface area contributed by atoms with Gasteiger partial charge in [0.05, 0.1) is 0 Å². The third-order valence-electron chi connectivity index (χ3n) is 1.57. The molecule has 0 aliphatic carbocycles. The number of hydrogen-bond acceptors (Lipinski definition) is 3. The lowest BCUT2D eigenvalue weighted by Crippen LogP contribution is -2.00. The van der Waals surface area contributed by atoms with Crippen LogP contribution in [0.5, 0.6) is 0 Å². The van der Waals surface area contributed by atoms with Crippen LogP contribution in [0.1, 0.15) is 25.7 Å². The topological polar surface area (TPSA) is 43.8 Å². The molecule has 2 N–H and O–H groups in total. The highest BCUT2D eigenvalue weighted by atomic mass is 32.2. The smallest absolute Gasteiger partial charge is 0.129 e. The molecule has 0 unspecified atom stereocenters. The number of nitrogens with two attached hydrogens (primary N) is 1. The Bertz CT molecular complexity index is 242. The lowest BCUT2D eigenvalue weighted by molar-refractivity contribution is 0.582. The minimum Gasteiger partial charge on any atom is -0.331 e. The van der Waals surface area contributed by atoms with Gasteiger partial charge in [0.15, 0.2) is 0 Å². The molecule has 1 aromatic rings. The SMILES string of the molecule is Cc1nc(SN)cn1C(C)C. The van der Waals surface area contributed by atoms with E-state index in [0.29, 0.717) is 6.04 Å². The van der Waals surface area contributed by atoms with Gasteiger partial charge in [-0.3, -0.25) is 5.14 Å². The fraction of sp³-hybridized carbons (Fsp3) is 0.571. The van der Waals surface area contributed by atoms with E-state index in [4.69, 9.17) is 5.14 Å². The molecule has 0 amide bonds. The van der Waals surface area contributed by atoms with E-state index in [1.807, 2.05) is 13.1 Å². The van der Waals surface area contributed by atoms with Crippen LogP contribution in [0.2, 0.25) is 0 Å². The maximum absolute atomic E-state index is 5.37. The van der Waals surface area contributed by atoms with Crippen molar-refractivity contribution in [1.82, 2.24) is 9.55 Å². The Kier molecular flexibility index (Phi) is 2.57. The van der Waals surface area contributed by atoms with Gasteiger partial charge in [-0.25, -0.2) is 4.98 Å². The predicted molar refractivity (Wildman–Crippen MR) is 47.4 cm³/mol. The molecule has 0 radical (unpaired) electrons. The lowest BCUT2D eigenvalue weighted by Gasteiger charge is -2.07. The van der Waals surface area contributed by atoms with Crippen molar-refractivity contribution in [3.8, 4) is 0 Å². The molecule has 1 rings (SSSR count). The first kappa shape index (κ1) is 8.62. The van der Waals surface area contributed by atoms with Crippen LogP contribution < -0.4 is 5.14 Å². The minimum absolute atomic E-state index is 0.461. The maximum atomic E-state index is 5.37. The standard InChI is InChI=1S/C7H13N3S/c1-5(2)10-4-7(11-8)9-6(10)3/h4-5H,8H2,1-3H3. The first-order valence-corrected chi connectivity index (χ1v) is 4.45. The summed E-state index contributed by atoms with van der Waals surface area (Å²) >= 11 is 1.19. The summed E-state index contributed by atoms with van der Waals surface area (Å²) in [6.07, 6.45) is 1.98. The van der Waals surface area contributed by atoms with Crippen molar-refractivity contribution in [1.29, 1.82) is 0 Å². The van der Waals surface area contributed by atoms with Gasteiger partial charge in [-0.1, -0.05) is 0 Å². The van der Waals surface area contributed by atoms with Gasteiger partial charge in [-0.2, -0.15) is 0 Å². The third-order valence-corrected chi connectivity index (χ3v) is 2.01. The molecule has 11 heavy (non-hydrogen) atoms. The number of nitrogens with zero attached hydrogens (tertiary/aromatic N) is 2. The van der Waals surface area contributed by atoms with Gasteiger partial charge < -0.3 is 4.57 Å². The summed E-state index contributed by atoms with van der Waals surface area (Å²) in [5, 5.41) is 6.26. The molecule has 0 bridgehead atoms. The fourth-order valence-corrected chi connectivity index (χ4v) is 1.40. The summed E-state index contributed by atoms with van der Waals surface area (Å²) in [7, 11) is 0. The zero-order valence-electron chi connectivity index (χ0n) is 7.03. The highest BCUT2D eigenvalue weighted by Gasteiger charge is 2.04. The average molecular weight is 171 g/mol. The van der Waals surface area contributed by atoms with Crippen molar-refractivity contribution in [2.45, 2.75) is 31.8 Å². The average Bonchev–Trinajstić information content (AvgIpc) is 2.30. The Morgan fingerprint density at radius 3 is 2.55 bits per heavy atom. The zero-order chi connectivity index (χ0) is 8.43. The molecular formula is C7H13N3S. The number of rotatable bonds is 2. The summed E-state index contributed by atoms with van der Waals surface area (Å²) in [4.78, 5) is 4.25. The first-order valence-electron chi connectivity index (χ1n) is 3.57. The van der Waals surface area contributed by atoms with Crippen LogP contribution in [0.25, 0.3) is 0 Å². The number of hydrogen-bond donors (Lipinski definition) is 1. The van der Waals surface area contributed by atoms with Gasteiger partial charge in [0.25, 0.3) is 0 Å². The van der Waals surface area contributed by atoms with Crippen molar-refractivity contribution in [2.75, 3.05) is 0 Å². The van der Waals surface area contributed by atoms with Crippen LogP contribution in [-0.2, 0) is 0 Å². The van der Waals surface area contributed by atoms with Crippen LogP contribution in [0.3, 0.4) is 0 Å². The molecule has 1 aromatic heterocycles. The zero-order valence-corrected chi connectivity index (χ0v) is 7.85. The molecule has 0 aliphatic rings. The molecule has 1 heterocycles. The van der Waals surface area contributed by atoms with E-state index >= 15 is 0 Å². The van der Waals surface area contributed by atoms with E-state index < -0.39 is 0 Å². The van der Waals surface area contributed by atoms with Crippen LogP contribution in [0.15, 0.2) is 11.2 Å². The molecule has 4 heteroatoms. The second kappa shape index (κ2) is 3.28. The monoisotopic (exact) mass is 171 g/mol. The predicted octanol–water partition coefficient (Wildman–Crippen LogP) is 1.74. The number of aromatic nitrogens is 2. The Labute approximate surface area is 71.1 Å². The molecule has 0 fully saturated rings. The van der Waals surface area contributed by atoms with Gasteiger partial charge >= 0.3 is 0 Å². The van der Waals surface area contributed by atoms with Gasteiger partial charge in [-0.05, 0) is 32.7 Å². The van der Waals surface area contributed by atoms with Crippen molar-refractivity contribution < 1.29 is 0 Å². The van der Waals surface area contributed by atoms with E-state index in [9.17, 15) is 0 Å². The van der Waals surface area contributed by atoms with Crippen molar-refractivity contribution in [2.24, 2.45) is 5.14 Å². The van der Waals surface area contributed by atoms with Gasteiger partial charge in [0.2, 0.25) is 0 Å². The molecule has 0 aromatic carbocycles. The van der Waals surface area contributed by atoms with Gasteiger partial charge in [0, 0.05) is 12.2 Å². The fourth-order valence-electron chi connectivity index (χ4n) is 1.04. The van der Waals surface area contributed by atoms with Crippen molar-refractivity contribution in [3.05, 3.63) is 12.0 Å². The van der Waals surface area contributed by atoms with Crippen LogP contribution >= 0.6 is 11.9 Å². The molecule has 0 spiro atoms. The lowest BCUT2D eigenvalue weighted by atomic mass is 10.4. The van der Waals surface area contributed by atoms with E-state index in [1.165, 1.54) is 11.9 Å². The number of imidazole rings is 1. The molecule has 0 saturated carbocycles. The highest BCUT2D eigenvalue weighted by molar-refractivity contribution is 7.97. The second-order valence-electron chi connectivity index (χ2n) is 2.75. The Morgan fingerprint density at radius 1 is 1.64 bits per heavy atom. The van der Waals surface area contributed by atoms with Crippen LogP contribution in [-0.4, -0.2) is 9.55 Å². The van der Waals surface area contributed by atoms with E-state index in [0.717, 1.165) is 10.9 Å². The Balaban J connectivity index is 2.97. The summed E-state index contributed by atoms with van der Waals surface area (Å²) in [5.41, 5.74) is 0. The summed E-state index contributed by atoms with van der Waals surface area (Å²) in [6, 6.07) is 0.461. The molecule has 0 saturated heterocycles. The largest absolute Gasteiger partial charge is 0.331 e. The highest BCUT2D eigenvalue weighted by Crippen LogP contribution is 2.15. The minimum atomic E-state index is 0.461. The summed E-state index contributed by atoms with van der Waals surface area (Å²) in [6.45, 7) is 6.24. The first-order chi connectivity index (χ1) is 5.15. The van der Waals surface area contributed by atoms with E-state index in [-0.39, 0.29) is 0 Å². The van der Waals surface area contributed by atoms with Crippen molar-refractivity contribution >= 4 is 11.9 Å². The number of aryl methyl sites for hydroxylation is 1. The normalized spacial score (nSPS) is 11.0. The van der Waals surface area contributed by atoms with E-state index in [1.54, 1.807) is 0 Å². The second-order valence-corrected chi connectivity index (χ2v) is 3.40. The molecule has 0 aliphatic heterocycles. The molecular weight excluding hydrogens is 158 g/mol. The summed E-state index contributed by atoms with van der Waals surface area (Å²) in [5.74, 6) is 1.02. The third kappa shape index (κ3) is 1.75. The Morgan fingerprint density at radius 2 is 2.27 bits per heavy atom. The summed E-state index contributed by atoms with van der Waals surface area (Å²) < 4.78 is 2.11. The van der Waals surface area contributed by atoms with E-state index in [2.05, 4.69) is 23.4 Å². The quantitative estimate of drug-likeness (QED) is 0.689. The molecule has 3 nitrogen and oxygen atoms in total. The van der Waals surface area contributed by atoms with Crippen molar-refractivity contribution in [3.63, 3.8) is 0 Å². The van der Waals surface area contributed by atoms with Crippen LogP contribution in [0, 0.1) is 6.92 Å². The molecule has 62 valence electrons. The van der Waals surface area contributed by atoms with Crippen LogP contribution in [0.4, 0.5) is 0 Å².